The Balaban J connectivity index is 0.00000264. The molecule has 1 saturated heterocycles. The summed E-state index contributed by atoms with van der Waals surface area (Å²) >= 11 is 0. The summed E-state index contributed by atoms with van der Waals surface area (Å²) in [5.74, 6) is -0.142. The van der Waals surface area contributed by atoms with Crippen LogP contribution in [0.25, 0.3) is 0 Å². The Morgan fingerprint density at radius 2 is 1.91 bits per heavy atom. The first-order chi connectivity index (χ1) is 10.5. The molecule has 0 saturated carbocycles. The van der Waals surface area contributed by atoms with E-state index in [9.17, 15) is 13.2 Å². The number of methoxy groups -OCH3 is 1. The van der Waals surface area contributed by atoms with Crippen LogP contribution in [0, 0.1) is 5.92 Å². The zero-order valence-corrected chi connectivity index (χ0v) is 15.0. The molecule has 1 aromatic carbocycles. The Hall–Kier alpha value is -1.15. The Morgan fingerprint density at radius 3 is 2.48 bits per heavy atom. The average molecular weight is 363 g/mol. The third-order valence-electron chi connectivity index (χ3n) is 3.98. The number of hydrogen-bond acceptors (Lipinski definition) is 5. The third-order valence-corrected chi connectivity index (χ3v) is 5.93. The molecule has 8 heteroatoms. The third kappa shape index (κ3) is 4.44. The number of rotatable bonds is 5. The second kappa shape index (κ2) is 8.63. The molecule has 1 heterocycles. The van der Waals surface area contributed by atoms with Gasteiger partial charge in [-0.1, -0.05) is 12.1 Å². The first-order valence-electron chi connectivity index (χ1n) is 7.32. The van der Waals surface area contributed by atoms with Gasteiger partial charge in [-0.2, -0.15) is 4.31 Å². The lowest BCUT2D eigenvalue weighted by Crippen LogP contribution is -2.40. The van der Waals surface area contributed by atoms with Gasteiger partial charge in [-0.3, -0.25) is 0 Å². The molecular formula is C15H23ClN2O4S. The van der Waals surface area contributed by atoms with Crippen LogP contribution in [0.3, 0.4) is 0 Å². The predicted octanol–water partition coefficient (Wildman–Crippen LogP) is 1.52. The minimum Gasteiger partial charge on any atom is -0.465 e. The van der Waals surface area contributed by atoms with E-state index in [1.54, 1.807) is 12.1 Å². The lowest BCUT2D eigenvalue weighted by atomic mass is 9.98. The number of piperidine rings is 1. The first-order valence-corrected chi connectivity index (χ1v) is 8.76. The van der Waals surface area contributed by atoms with Crippen molar-refractivity contribution in [2.24, 2.45) is 5.92 Å². The van der Waals surface area contributed by atoms with Crippen molar-refractivity contribution in [3.63, 3.8) is 0 Å². The van der Waals surface area contributed by atoms with E-state index in [1.165, 1.54) is 23.5 Å². The molecule has 0 bridgehead atoms. The molecule has 1 aliphatic heterocycles. The molecule has 0 aliphatic carbocycles. The first kappa shape index (κ1) is 19.9. The standard InChI is InChI=1S/C15H22N2O4S.ClH/c1-16-11-12-7-9-17(10-8-12)22(19,20)14-6-4-3-5-13(14)15(18)21-2;/h3-6,12,16H,7-11H2,1-2H3;1H. The van der Waals surface area contributed by atoms with E-state index >= 15 is 0 Å². The highest BCUT2D eigenvalue weighted by Gasteiger charge is 2.32. The Bertz CT molecular complexity index is 628. The van der Waals surface area contributed by atoms with Crippen molar-refractivity contribution in [1.29, 1.82) is 0 Å². The molecule has 130 valence electrons. The van der Waals surface area contributed by atoms with Crippen LogP contribution in [0.2, 0.25) is 0 Å². The summed E-state index contributed by atoms with van der Waals surface area (Å²) in [7, 11) is -0.531. The van der Waals surface area contributed by atoms with Crippen molar-refractivity contribution in [3.05, 3.63) is 29.8 Å². The fourth-order valence-electron chi connectivity index (χ4n) is 2.75. The van der Waals surface area contributed by atoms with Gasteiger partial charge in [0.25, 0.3) is 0 Å². The normalized spacial score (nSPS) is 16.6. The number of benzene rings is 1. The van der Waals surface area contributed by atoms with Gasteiger partial charge in [0, 0.05) is 13.1 Å². The predicted molar refractivity (Wildman–Crippen MR) is 90.4 cm³/mol. The van der Waals surface area contributed by atoms with Crippen LogP contribution in [-0.2, 0) is 14.8 Å². The Labute approximate surface area is 143 Å². The van der Waals surface area contributed by atoms with E-state index in [0.717, 1.165) is 19.4 Å². The van der Waals surface area contributed by atoms with Crippen LogP contribution in [0.1, 0.15) is 23.2 Å². The van der Waals surface area contributed by atoms with E-state index in [2.05, 4.69) is 10.1 Å². The van der Waals surface area contributed by atoms with E-state index < -0.39 is 16.0 Å². The van der Waals surface area contributed by atoms with Gasteiger partial charge in [-0.05, 0) is 44.5 Å². The van der Waals surface area contributed by atoms with Crippen molar-refractivity contribution in [3.8, 4) is 0 Å². The minimum atomic E-state index is -3.67. The molecule has 1 aliphatic rings. The number of carbonyl (C=O) groups is 1. The van der Waals surface area contributed by atoms with Gasteiger partial charge in [0.05, 0.1) is 17.6 Å². The number of sulfonamides is 1. The van der Waals surface area contributed by atoms with Gasteiger partial charge < -0.3 is 10.1 Å². The van der Waals surface area contributed by atoms with Crippen LogP contribution >= 0.6 is 12.4 Å². The fraction of sp³-hybridized carbons (Fsp3) is 0.533. The molecule has 0 radical (unpaired) electrons. The molecule has 2 rings (SSSR count). The number of hydrogen-bond donors (Lipinski definition) is 1. The summed E-state index contributed by atoms with van der Waals surface area (Å²) in [5, 5.41) is 3.13. The monoisotopic (exact) mass is 362 g/mol. The van der Waals surface area contributed by atoms with Crippen LogP contribution < -0.4 is 5.32 Å². The van der Waals surface area contributed by atoms with Gasteiger partial charge in [0.15, 0.2) is 0 Å². The van der Waals surface area contributed by atoms with E-state index in [0.29, 0.717) is 19.0 Å². The quantitative estimate of drug-likeness (QED) is 0.804. The molecule has 1 fully saturated rings. The number of esters is 1. The molecule has 23 heavy (non-hydrogen) atoms. The highest BCUT2D eigenvalue weighted by molar-refractivity contribution is 7.89. The van der Waals surface area contributed by atoms with Gasteiger partial charge in [-0.15, -0.1) is 12.4 Å². The molecule has 0 unspecified atom stereocenters. The zero-order chi connectivity index (χ0) is 16.2. The highest BCUT2D eigenvalue weighted by atomic mass is 35.5. The summed E-state index contributed by atoms with van der Waals surface area (Å²) in [6.45, 7) is 1.85. The van der Waals surface area contributed by atoms with Gasteiger partial charge in [0.1, 0.15) is 0 Å². The lowest BCUT2D eigenvalue weighted by Gasteiger charge is -2.31. The molecule has 0 aromatic heterocycles. The number of ether oxygens (including phenoxy) is 1. The molecule has 1 aromatic rings. The smallest absolute Gasteiger partial charge is 0.339 e. The van der Waals surface area contributed by atoms with Crippen LogP contribution in [-0.4, -0.2) is 52.5 Å². The molecule has 0 spiro atoms. The molecule has 0 atom stereocenters. The summed E-state index contributed by atoms with van der Waals surface area (Å²) < 4.78 is 31.7. The molecular weight excluding hydrogens is 340 g/mol. The van der Waals surface area contributed by atoms with E-state index in [1.807, 2.05) is 7.05 Å². The van der Waals surface area contributed by atoms with Crippen molar-refractivity contribution >= 4 is 28.4 Å². The maximum atomic E-state index is 12.8. The van der Waals surface area contributed by atoms with Crippen molar-refractivity contribution < 1.29 is 17.9 Å². The molecule has 0 amide bonds. The van der Waals surface area contributed by atoms with Gasteiger partial charge >= 0.3 is 5.97 Å². The second-order valence-corrected chi connectivity index (χ2v) is 7.30. The van der Waals surface area contributed by atoms with Crippen molar-refractivity contribution in [2.75, 3.05) is 33.8 Å². The van der Waals surface area contributed by atoms with E-state index in [4.69, 9.17) is 0 Å². The fourth-order valence-corrected chi connectivity index (χ4v) is 4.40. The summed E-state index contributed by atoms with van der Waals surface area (Å²) in [5.41, 5.74) is 0.0855. The van der Waals surface area contributed by atoms with Crippen molar-refractivity contribution in [2.45, 2.75) is 17.7 Å². The average Bonchev–Trinajstić information content (AvgIpc) is 2.55. The number of halogens is 1. The summed E-state index contributed by atoms with van der Waals surface area (Å²) in [6.07, 6.45) is 1.64. The van der Waals surface area contributed by atoms with Crippen LogP contribution in [0.4, 0.5) is 0 Å². The topological polar surface area (TPSA) is 75.7 Å². The van der Waals surface area contributed by atoms with E-state index in [-0.39, 0.29) is 22.9 Å². The number of carbonyl (C=O) groups excluding carboxylic acids is 1. The minimum absolute atomic E-state index is 0. The Kier molecular flexibility index (Phi) is 7.47. The van der Waals surface area contributed by atoms with Gasteiger partial charge in [-0.25, -0.2) is 13.2 Å². The lowest BCUT2D eigenvalue weighted by molar-refractivity contribution is 0.0596. The van der Waals surface area contributed by atoms with Crippen LogP contribution in [0.5, 0.6) is 0 Å². The number of nitrogens with one attached hydrogen (secondary N) is 1. The summed E-state index contributed by atoms with van der Waals surface area (Å²) in [4.78, 5) is 11.8. The Morgan fingerprint density at radius 1 is 1.30 bits per heavy atom. The summed E-state index contributed by atoms with van der Waals surface area (Å²) in [6, 6.07) is 6.19. The molecule has 1 N–H and O–H groups in total. The van der Waals surface area contributed by atoms with Crippen molar-refractivity contribution in [1.82, 2.24) is 9.62 Å². The van der Waals surface area contributed by atoms with Gasteiger partial charge in [0.2, 0.25) is 10.0 Å². The van der Waals surface area contributed by atoms with Crippen LogP contribution in [0.15, 0.2) is 29.2 Å². The SMILES string of the molecule is CNCC1CCN(S(=O)(=O)c2ccccc2C(=O)OC)CC1.Cl. The second-order valence-electron chi connectivity index (χ2n) is 5.39. The zero-order valence-electron chi connectivity index (χ0n) is 13.3. The largest absolute Gasteiger partial charge is 0.465 e. The molecule has 6 nitrogen and oxygen atoms in total. The highest BCUT2D eigenvalue weighted by Crippen LogP contribution is 2.25. The maximum absolute atomic E-state index is 12.8. The number of nitrogens with zero attached hydrogens (tertiary/aromatic N) is 1. The maximum Gasteiger partial charge on any atom is 0.339 e.